The van der Waals surface area contributed by atoms with E-state index in [0.717, 1.165) is 18.2 Å². The lowest BCUT2D eigenvalue weighted by atomic mass is 9.84. The van der Waals surface area contributed by atoms with E-state index >= 15 is 0 Å². The normalized spacial score (nSPS) is 16.5. The van der Waals surface area contributed by atoms with Crippen molar-refractivity contribution in [3.8, 4) is 11.5 Å². The highest BCUT2D eigenvalue weighted by molar-refractivity contribution is 5.96. The van der Waals surface area contributed by atoms with Gasteiger partial charge in [0.25, 0.3) is 0 Å². The van der Waals surface area contributed by atoms with Gasteiger partial charge in [0, 0.05) is 24.1 Å². The molecule has 0 spiro atoms. The first-order valence-electron chi connectivity index (χ1n) is 7.04. The lowest BCUT2D eigenvalue weighted by Crippen LogP contribution is -2.24. The van der Waals surface area contributed by atoms with Crippen LogP contribution in [0.1, 0.15) is 23.5 Å². The molecule has 120 valence electrons. The predicted octanol–water partition coefficient (Wildman–Crippen LogP) is 3.46. The SMILES string of the molecule is COc1cc2c(cc1OC)[C@@H](c1cc(F)ccc1F)CC(=O)N2. The second-order valence-electron chi connectivity index (χ2n) is 5.27. The van der Waals surface area contributed by atoms with Crippen molar-refractivity contribution in [3.05, 3.63) is 53.1 Å². The number of hydrogen-bond donors (Lipinski definition) is 1. The number of rotatable bonds is 3. The third kappa shape index (κ3) is 2.72. The number of nitrogens with one attached hydrogen (secondary N) is 1. The molecular weight excluding hydrogens is 304 g/mol. The number of methoxy groups -OCH3 is 2. The summed E-state index contributed by atoms with van der Waals surface area (Å²) >= 11 is 0. The molecule has 1 amide bonds. The Morgan fingerprint density at radius 2 is 1.74 bits per heavy atom. The van der Waals surface area contributed by atoms with Crippen molar-refractivity contribution in [2.45, 2.75) is 12.3 Å². The Morgan fingerprint density at radius 3 is 2.43 bits per heavy atom. The minimum atomic E-state index is -0.589. The zero-order chi connectivity index (χ0) is 16.6. The molecule has 6 heteroatoms. The van der Waals surface area contributed by atoms with E-state index < -0.39 is 17.6 Å². The molecule has 0 unspecified atom stereocenters. The molecular formula is C17H15F2NO3. The van der Waals surface area contributed by atoms with Crippen LogP contribution in [0.15, 0.2) is 30.3 Å². The van der Waals surface area contributed by atoms with Crippen LogP contribution in [-0.2, 0) is 4.79 Å². The fourth-order valence-electron chi connectivity index (χ4n) is 2.85. The standard InChI is InChI=1S/C17H15F2NO3/c1-22-15-6-12-10(11-5-9(18)3-4-13(11)19)7-17(21)20-14(12)8-16(15)23-2/h3-6,8,10H,7H2,1-2H3,(H,20,21)/t10-/m1/s1. The van der Waals surface area contributed by atoms with E-state index in [1.54, 1.807) is 12.1 Å². The van der Waals surface area contributed by atoms with Gasteiger partial charge in [0.05, 0.1) is 14.2 Å². The fourth-order valence-corrected chi connectivity index (χ4v) is 2.85. The maximum absolute atomic E-state index is 14.1. The highest BCUT2D eigenvalue weighted by Crippen LogP contribution is 2.43. The monoisotopic (exact) mass is 319 g/mol. The lowest BCUT2D eigenvalue weighted by Gasteiger charge is -2.27. The van der Waals surface area contributed by atoms with Crippen LogP contribution >= 0.6 is 0 Å². The molecule has 1 atom stereocenters. The van der Waals surface area contributed by atoms with Gasteiger partial charge < -0.3 is 14.8 Å². The molecule has 0 fully saturated rings. The number of carbonyl (C=O) groups is 1. The van der Waals surface area contributed by atoms with Crippen LogP contribution in [0.3, 0.4) is 0 Å². The van der Waals surface area contributed by atoms with Gasteiger partial charge in [-0.25, -0.2) is 8.78 Å². The Morgan fingerprint density at radius 1 is 1.04 bits per heavy atom. The molecule has 1 heterocycles. The molecule has 2 aromatic carbocycles. The summed E-state index contributed by atoms with van der Waals surface area (Å²) in [5.41, 5.74) is 1.31. The lowest BCUT2D eigenvalue weighted by molar-refractivity contribution is -0.116. The van der Waals surface area contributed by atoms with E-state index in [9.17, 15) is 13.6 Å². The summed E-state index contributed by atoms with van der Waals surface area (Å²) in [7, 11) is 2.97. The summed E-state index contributed by atoms with van der Waals surface area (Å²) in [5.74, 6) is -1.04. The molecule has 0 saturated heterocycles. The molecule has 3 rings (SSSR count). The van der Waals surface area contributed by atoms with Crippen molar-refractivity contribution < 1.29 is 23.0 Å². The Labute approximate surface area is 132 Å². The molecule has 0 aliphatic carbocycles. The van der Waals surface area contributed by atoms with Crippen LogP contribution in [0.4, 0.5) is 14.5 Å². The summed E-state index contributed by atoms with van der Waals surface area (Å²) in [6.07, 6.45) is 0.0306. The molecule has 23 heavy (non-hydrogen) atoms. The summed E-state index contributed by atoms with van der Waals surface area (Å²) in [6.45, 7) is 0. The molecule has 1 N–H and O–H groups in total. The predicted molar refractivity (Wildman–Crippen MR) is 81.0 cm³/mol. The van der Waals surface area contributed by atoms with Crippen LogP contribution in [0.5, 0.6) is 11.5 Å². The zero-order valence-electron chi connectivity index (χ0n) is 12.7. The number of benzene rings is 2. The summed E-state index contributed by atoms with van der Waals surface area (Å²) < 4.78 is 38.1. The summed E-state index contributed by atoms with van der Waals surface area (Å²) in [6, 6.07) is 6.55. The number of fused-ring (bicyclic) bond motifs is 1. The highest BCUT2D eigenvalue weighted by atomic mass is 19.1. The highest BCUT2D eigenvalue weighted by Gasteiger charge is 2.30. The first kappa shape index (κ1) is 15.3. The topological polar surface area (TPSA) is 47.6 Å². The van der Waals surface area contributed by atoms with Gasteiger partial charge in [0.2, 0.25) is 5.91 Å². The largest absolute Gasteiger partial charge is 0.493 e. The Hall–Kier alpha value is -2.63. The number of carbonyl (C=O) groups excluding carboxylic acids is 1. The van der Waals surface area contributed by atoms with Crippen molar-refractivity contribution in [2.75, 3.05) is 19.5 Å². The fraction of sp³-hybridized carbons (Fsp3) is 0.235. The Kier molecular flexibility index (Phi) is 3.90. The average molecular weight is 319 g/mol. The van der Waals surface area contributed by atoms with Crippen LogP contribution in [-0.4, -0.2) is 20.1 Å². The van der Waals surface area contributed by atoms with Crippen molar-refractivity contribution in [1.82, 2.24) is 0 Å². The van der Waals surface area contributed by atoms with Crippen molar-refractivity contribution in [2.24, 2.45) is 0 Å². The van der Waals surface area contributed by atoms with Gasteiger partial charge in [-0.2, -0.15) is 0 Å². The average Bonchev–Trinajstić information content (AvgIpc) is 2.55. The van der Waals surface area contributed by atoms with Crippen LogP contribution in [0.2, 0.25) is 0 Å². The van der Waals surface area contributed by atoms with Gasteiger partial charge in [0.1, 0.15) is 11.6 Å². The molecule has 4 nitrogen and oxygen atoms in total. The minimum absolute atomic E-state index is 0.0306. The summed E-state index contributed by atoms with van der Waals surface area (Å²) in [5, 5.41) is 2.73. The van der Waals surface area contributed by atoms with E-state index in [2.05, 4.69) is 5.32 Å². The maximum atomic E-state index is 14.1. The quantitative estimate of drug-likeness (QED) is 0.942. The third-order valence-corrected chi connectivity index (χ3v) is 3.93. The first-order valence-corrected chi connectivity index (χ1v) is 7.04. The van der Waals surface area contributed by atoms with Crippen molar-refractivity contribution in [1.29, 1.82) is 0 Å². The van der Waals surface area contributed by atoms with Crippen LogP contribution in [0, 0.1) is 11.6 Å². The number of amides is 1. The van der Waals surface area contributed by atoms with E-state index in [4.69, 9.17) is 9.47 Å². The van der Waals surface area contributed by atoms with Crippen molar-refractivity contribution >= 4 is 11.6 Å². The molecule has 0 saturated carbocycles. The second-order valence-corrected chi connectivity index (χ2v) is 5.27. The van der Waals surface area contributed by atoms with Gasteiger partial charge in [-0.05, 0) is 35.4 Å². The molecule has 0 bridgehead atoms. The Balaban J connectivity index is 2.18. The maximum Gasteiger partial charge on any atom is 0.225 e. The van der Waals surface area contributed by atoms with Gasteiger partial charge in [-0.3, -0.25) is 4.79 Å². The van der Waals surface area contributed by atoms with E-state index in [1.807, 2.05) is 0 Å². The minimum Gasteiger partial charge on any atom is -0.493 e. The van der Waals surface area contributed by atoms with E-state index in [0.29, 0.717) is 22.7 Å². The number of hydrogen-bond acceptors (Lipinski definition) is 3. The molecule has 1 aliphatic heterocycles. The van der Waals surface area contributed by atoms with Crippen LogP contribution < -0.4 is 14.8 Å². The second kappa shape index (κ2) is 5.87. The summed E-state index contributed by atoms with van der Waals surface area (Å²) in [4.78, 5) is 12.0. The van der Waals surface area contributed by atoms with Crippen LogP contribution in [0.25, 0.3) is 0 Å². The third-order valence-electron chi connectivity index (χ3n) is 3.93. The van der Waals surface area contributed by atoms with Gasteiger partial charge >= 0.3 is 0 Å². The number of halogens is 2. The smallest absolute Gasteiger partial charge is 0.225 e. The molecule has 2 aromatic rings. The molecule has 0 aromatic heterocycles. The first-order chi connectivity index (χ1) is 11.0. The van der Waals surface area contributed by atoms with Crippen molar-refractivity contribution in [3.63, 3.8) is 0 Å². The number of ether oxygens (including phenoxy) is 2. The molecule has 0 radical (unpaired) electrons. The van der Waals surface area contributed by atoms with E-state index in [-0.39, 0.29) is 17.9 Å². The zero-order valence-corrected chi connectivity index (χ0v) is 12.7. The van der Waals surface area contributed by atoms with Gasteiger partial charge in [0.15, 0.2) is 11.5 Å². The van der Waals surface area contributed by atoms with E-state index in [1.165, 1.54) is 14.2 Å². The Bertz CT molecular complexity index is 777. The van der Waals surface area contributed by atoms with Gasteiger partial charge in [-0.15, -0.1) is 0 Å². The molecule has 1 aliphatic rings. The van der Waals surface area contributed by atoms with Gasteiger partial charge in [-0.1, -0.05) is 0 Å². The number of anilines is 1.